The van der Waals surface area contributed by atoms with Gasteiger partial charge in [0.15, 0.2) is 0 Å². The second-order valence-electron chi connectivity index (χ2n) is 3.31. The summed E-state index contributed by atoms with van der Waals surface area (Å²) in [6, 6.07) is 0. The van der Waals surface area contributed by atoms with Crippen LogP contribution in [0.3, 0.4) is 0 Å². The van der Waals surface area contributed by atoms with E-state index < -0.39 is 29.9 Å². The van der Waals surface area contributed by atoms with Crippen molar-refractivity contribution in [3.63, 3.8) is 0 Å². The number of carboxylic acids is 2. The number of aliphatic carboxylic acids is 2. The first-order chi connectivity index (χ1) is 6.04. The topological polar surface area (TPSA) is 94.8 Å². The van der Waals surface area contributed by atoms with Gasteiger partial charge in [0.25, 0.3) is 0 Å². The predicted molar refractivity (Wildman–Crippen MR) is 42.1 cm³/mol. The fourth-order valence-corrected chi connectivity index (χ4v) is 1.79. The number of aliphatic hydroxyl groups excluding tert-OH is 1. The van der Waals surface area contributed by atoms with Crippen LogP contribution in [0.2, 0.25) is 0 Å². The van der Waals surface area contributed by atoms with Gasteiger partial charge in [-0.1, -0.05) is 0 Å². The number of carboxylic acid groups (broad SMARTS) is 2. The van der Waals surface area contributed by atoms with E-state index in [9.17, 15) is 14.7 Å². The Morgan fingerprint density at radius 3 is 2.08 bits per heavy atom. The lowest BCUT2D eigenvalue weighted by Gasteiger charge is -2.29. The summed E-state index contributed by atoms with van der Waals surface area (Å²) in [4.78, 5) is 21.3. The monoisotopic (exact) mass is 188 g/mol. The van der Waals surface area contributed by atoms with Crippen LogP contribution in [-0.4, -0.2) is 33.4 Å². The highest BCUT2D eigenvalue weighted by molar-refractivity contribution is 5.80. The molecular formula is C8H12O5. The van der Waals surface area contributed by atoms with Crippen molar-refractivity contribution in [3.8, 4) is 0 Å². The van der Waals surface area contributed by atoms with Gasteiger partial charge in [0.2, 0.25) is 0 Å². The van der Waals surface area contributed by atoms with Crippen molar-refractivity contribution in [1.82, 2.24) is 0 Å². The first kappa shape index (κ1) is 9.98. The van der Waals surface area contributed by atoms with Crippen molar-refractivity contribution in [3.05, 3.63) is 0 Å². The van der Waals surface area contributed by atoms with Crippen LogP contribution in [-0.2, 0) is 9.59 Å². The smallest absolute Gasteiger partial charge is 0.310 e. The van der Waals surface area contributed by atoms with E-state index >= 15 is 0 Å². The molecule has 74 valence electrons. The molecule has 1 saturated carbocycles. The lowest BCUT2D eigenvalue weighted by molar-refractivity contribution is -0.161. The molecule has 0 spiro atoms. The number of hydrogen-bond donors (Lipinski definition) is 3. The van der Waals surface area contributed by atoms with E-state index in [1.807, 2.05) is 0 Å². The largest absolute Gasteiger partial charge is 0.481 e. The minimum atomic E-state index is -1.22. The van der Waals surface area contributed by atoms with Crippen LogP contribution in [0.5, 0.6) is 0 Å². The molecule has 0 amide bonds. The summed E-state index contributed by atoms with van der Waals surface area (Å²) in [5, 5.41) is 26.7. The van der Waals surface area contributed by atoms with E-state index in [0.717, 1.165) is 0 Å². The molecule has 5 heteroatoms. The van der Waals surface area contributed by atoms with Gasteiger partial charge in [-0.2, -0.15) is 0 Å². The summed E-state index contributed by atoms with van der Waals surface area (Å²) in [7, 11) is 0. The summed E-state index contributed by atoms with van der Waals surface area (Å²) in [5.74, 6) is -4.45. The molecule has 0 radical (unpaired) electrons. The fraction of sp³-hybridized carbons (Fsp3) is 0.750. The van der Waals surface area contributed by atoms with Gasteiger partial charge in [0.05, 0.1) is 17.9 Å². The van der Waals surface area contributed by atoms with Crippen molar-refractivity contribution in [2.24, 2.45) is 11.8 Å². The van der Waals surface area contributed by atoms with Crippen LogP contribution >= 0.6 is 0 Å². The molecule has 3 N–H and O–H groups in total. The fourth-order valence-electron chi connectivity index (χ4n) is 1.79. The van der Waals surface area contributed by atoms with E-state index in [0.29, 0.717) is 19.3 Å². The first-order valence-electron chi connectivity index (χ1n) is 4.17. The van der Waals surface area contributed by atoms with Gasteiger partial charge >= 0.3 is 11.9 Å². The van der Waals surface area contributed by atoms with E-state index in [4.69, 9.17) is 10.2 Å². The first-order valence-corrected chi connectivity index (χ1v) is 4.17. The number of hydrogen-bond acceptors (Lipinski definition) is 3. The van der Waals surface area contributed by atoms with Gasteiger partial charge in [-0.3, -0.25) is 9.59 Å². The van der Waals surface area contributed by atoms with Crippen molar-refractivity contribution in [2.45, 2.75) is 25.4 Å². The molecular weight excluding hydrogens is 176 g/mol. The number of carbonyl (C=O) groups is 2. The zero-order valence-corrected chi connectivity index (χ0v) is 7.01. The lowest BCUT2D eigenvalue weighted by atomic mass is 9.77. The number of rotatable bonds is 2. The maximum Gasteiger partial charge on any atom is 0.310 e. The lowest BCUT2D eigenvalue weighted by Crippen LogP contribution is -2.41. The summed E-state index contributed by atoms with van der Waals surface area (Å²) in [5.41, 5.74) is 0. The average Bonchev–Trinajstić information content (AvgIpc) is 2.02. The standard InChI is InChI=1S/C8H12O5/c9-5-3-1-2-4(7(10)11)6(5)8(12)13/h4-6,9H,1-3H2,(H,10,11)(H,12,13)/t4-,5+,6+/m1/s1. The molecule has 1 fully saturated rings. The molecule has 3 atom stereocenters. The molecule has 5 nitrogen and oxygen atoms in total. The molecule has 0 aromatic rings. The molecule has 0 aliphatic heterocycles. The Labute approximate surface area is 75.0 Å². The van der Waals surface area contributed by atoms with Crippen LogP contribution in [0, 0.1) is 11.8 Å². The van der Waals surface area contributed by atoms with Gasteiger partial charge in [-0.25, -0.2) is 0 Å². The van der Waals surface area contributed by atoms with Crippen LogP contribution in [0.25, 0.3) is 0 Å². The molecule has 0 heterocycles. The summed E-state index contributed by atoms with van der Waals surface area (Å²) >= 11 is 0. The third-order valence-electron chi connectivity index (χ3n) is 2.47. The van der Waals surface area contributed by atoms with Crippen molar-refractivity contribution < 1.29 is 24.9 Å². The highest BCUT2D eigenvalue weighted by Gasteiger charge is 2.41. The normalized spacial score (nSPS) is 34.1. The van der Waals surface area contributed by atoms with Crippen LogP contribution < -0.4 is 0 Å². The van der Waals surface area contributed by atoms with E-state index in [1.54, 1.807) is 0 Å². The van der Waals surface area contributed by atoms with Gasteiger partial charge in [0, 0.05) is 0 Å². The molecule has 0 aromatic heterocycles. The highest BCUT2D eigenvalue weighted by Crippen LogP contribution is 2.30. The summed E-state index contributed by atoms with van der Waals surface area (Å²) in [6.45, 7) is 0. The van der Waals surface area contributed by atoms with Crippen LogP contribution in [0.1, 0.15) is 19.3 Å². The minimum Gasteiger partial charge on any atom is -0.481 e. The van der Waals surface area contributed by atoms with E-state index in [-0.39, 0.29) is 0 Å². The third kappa shape index (κ3) is 1.98. The molecule has 1 rings (SSSR count). The van der Waals surface area contributed by atoms with Crippen LogP contribution in [0.4, 0.5) is 0 Å². The third-order valence-corrected chi connectivity index (χ3v) is 2.47. The summed E-state index contributed by atoms with van der Waals surface area (Å²) in [6.07, 6.45) is 0.263. The second kappa shape index (κ2) is 3.74. The van der Waals surface area contributed by atoms with Crippen LogP contribution in [0.15, 0.2) is 0 Å². The molecule has 0 saturated heterocycles. The maximum atomic E-state index is 10.7. The van der Waals surface area contributed by atoms with Gasteiger partial charge in [0.1, 0.15) is 0 Å². The number of aliphatic hydroxyl groups is 1. The molecule has 13 heavy (non-hydrogen) atoms. The van der Waals surface area contributed by atoms with Gasteiger partial charge < -0.3 is 15.3 Å². The Balaban J connectivity index is 2.80. The molecule has 0 aromatic carbocycles. The Bertz CT molecular complexity index is 225. The van der Waals surface area contributed by atoms with Crippen molar-refractivity contribution >= 4 is 11.9 Å². The average molecular weight is 188 g/mol. The Kier molecular flexibility index (Phi) is 2.87. The second-order valence-corrected chi connectivity index (χ2v) is 3.31. The van der Waals surface area contributed by atoms with E-state index in [1.165, 1.54) is 0 Å². The molecule has 1 aliphatic rings. The Morgan fingerprint density at radius 2 is 1.69 bits per heavy atom. The van der Waals surface area contributed by atoms with Gasteiger partial charge in [-0.15, -0.1) is 0 Å². The quantitative estimate of drug-likeness (QED) is 0.564. The summed E-state index contributed by atoms with van der Waals surface area (Å²) < 4.78 is 0. The molecule has 0 unspecified atom stereocenters. The highest BCUT2D eigenvalue weighted by atomic mass is 16.4. The van der Waals surface area contributed by atoms with Crippen molar-refractivity contribution in [1.29, 1.82) is 0 Å². The van der Waals surface area contributed by atoms with Crippen molar-refractivity contribution in [2.75, 3.05) is 0 Å². The minimum absolute atomic E-state index is 0.337. The van der Waals surface area contributed by atoms with Gasteiger partial charge in [-0.05, 0) is 19.3 Å². The SMILES string of the molecule is O=C(O)[C@@H]1[C@@H](O)CCC[C@H]1C(=O)O. The zero-order valence-electron chi connectivity index (χ0n) is 7.01. The molecule has 1 aliphatic carbocycles. The Hall–Kier alpha value is -1.10. The Morgan fingerprint density at radius 1 is 1.08 bits per heavy atom. The molecule has 0 bridgehead atoms. The van der Waals surface area contributed by atoms with E-state index in [2.05, 4.69) is 0 Å². The zero-order chi connectivity index (χ0) is 10.0. The maximum absolute atomic E-state index is 10.7. The predicted octanol–water partition coefficient (Wildman–Crippen LogP) is -0.0672.